The van der Waals surface area contributed by atoms with E-state index in [-0.39, 0.29) is 24.0 Å². The molecule has 0 bridgehead atoms. The van der Waals surface area contributed by atoms with Gasteiger partial charge in [-0.25, -0.2) is 4.90 Å². The minimum Gasteiger partial charge on any atom is -0.508 e. The normalized spacial score (nSPS) is 17.7. The molecule has 2 aromatic carbocycles. The molecular formula is C18H18N2O3. The van der Waals surface area contributed by atoms with E-state index >= 15 is 0 Å². The van der Waals surface area contributed by atoms with E-state index in [9.17, 15) is 14.7 Å². The third-order valence-corrected chi connectivity index (χ3v) is 3.96. The summed E-state index contributed by atoms with van der Waals surface area (Å²) >= 11 is 0. The van der Waals surface area contributed by atoms with E-state index in [2.05, 4.69) is 5.32 Å². The van der Waals surface area contributed by atoms with Gasteiger partial charge in [0, 0.05) is 5.69 Å². The molecule has 2 amide bonds. The molecule has 2 N–H and O–H groups in total. The molecule has 1 aliphatic heterocycles. The second-order valence-corrected chi connectivity index (χ2v) is 5.81. The van der Waals surface area contributed by atoms with Gasteiger partial charge in [-0.3, -0.25) is 9.59 Å². The number of carbonyl (C=O) groups is 2. The number of nitrogens with zero attached hydrogens (tertiary/aromatic N) is 1. The highest BCUT2D eigenvalue weighted by Gasteiger charge is 2.40. The van der Waals surface area contributed by atoms with Crippen molar-refractivity contribution in [3.63, 3.8) is 0 Å². The molecule has 0 saturated carbocycles. The van der Waals surface area contributed by atoms with E-state index in [4.69, 9.17) is 0 Å². The molecule has 5 nitrogen and oxygen atoms in total. The Hall–Kier alpha value is -2.82. The summed E-state index contributed by atoms with van der Waals surface area (Å²) in [6.45, 7) is 3.82. The number of phenolic OH excluding ortho intramolecular Hbond substituents is 1. The van der Waals surface area contributed by atoms with Gasteiger partial charge in [-0.1, -0.05) is 12.1 Å². The lowest BCUT2D eigenvalue weighted by molar-refractivity contribution is -0.121. The number of nitrogens with one attached hydrogen (secondary N) is 1. The monoisotopic (exact) mass is 310 g/mol. The first-order chi connectivity index (χ1) is 11.0. The Morgan fingerprint density at radius 3 is 2.48 bits per heavy atom. The van der Waals surface area contributed by atoms with Crippen LogP contribution in [0.15, 0.2) is 42.5 Å². The highest BCUT2D eigenvalue weighted by molar-refractivity contribution is 6.23. The van der Waals surface area contributed by atoms with Crippen molar-refractivity contribution in [1.82, 2.24) is 0 Å². The fourth-order valence-electron chi connectivity index (χ4n) is 2.72. The maximum Gasteiger partial charge on any atom is 0.256 e. The number of anilines is 2. The average Bonchev–Trinajstić information content (AvgIpc) is 2.78. The minimum atomic E-state index is -0.591. The number of phenols is 1. The van der Waals surface area contributed by atoms with Gasteiger partial charge in [0.2, 0.25) is 5.91 Å². The van der Waals surface area contributed by atoms with E-state index in [0.717, 1.165) is 11.1 Å². The van der Waals surface area contributed by atoms with Crippen LogP contribution in [0.5, 0.6) is 5.75 Å². The number of hydrogen-bond acceptors (Lipinski definition) is 4. The lowest BCUT2D eigenvalue weighted by Crippen LogP contribution is -2.35. The fourth-order valence-corrected chi connectivity index (χ4v) is 2.72. The molecule has 0 radical (unpaired) electrons. The van der Waals surface area contributed by atoms with Crippen LogP contribution >= 0.6 is 0 Å². The van der Waals surface area contributed by atoms with Crippen molar-refractivity contribution in [3.05, 3.63) is 53.6 Å². The van der Waals surface area contributed by atoms with Crippen molar-refractivity contribution in [2.45, 2.75) is 26.3 Å². The van der Waals surface area contributed by atoms with Crippen LogP contribution in [-0.4, -0.2) is 23.0 Å². The predicted molar refractivity (Wildman–Crippen MR) is 88.5 cm³/mol. The number of rotatable bonds is 3. The van der Waals surface area contributed by atoms with Gasteiger partial charge in [-0.05, 0) is 55.3 Å². The highest BCUT2D eigenvalue weighted by Crippen LogP contribution is 2.28. The number of benzene rings is 2. The Kier molecular flexibility index (Phi) is 3.78. The van der Waals surface area contributed by atoms with E-state index in [1.165, 1.54) is 17.0 Å². The Bertz CT molecular complexity index is 768. The Morgan fingerprint density at radius 1 is 1.09 bits per heavy atom. The van der Waals surface area contributed by atoms with Gasteiger partial charge in [0.05, 0.1) is 12.1 Å². The van der Waals surface area contributed by atoms with Crippen molar-refractivity contribution < 1.29 is 14.7 Å². The average molecular weight is 310 g/mol. The molecule has 3 rings (SSSR count). The first-order valence-corrected chi connectivity index (χ1v) is 7.45. The molecule has 1 heterocycles. The molecule has 1 fully saturated rings. The molecule has 0 aliphatic carbocycles. The quantitative estimate of drug-likeness (QED) is 0.675. The molecule has 23 heavy (non-hydrogen) atoms. The zero-order valence-electron chi connectivity index (χ0n) is 13.0. The summed E-state index contributed by atoms with van der Waals surface area (Å²) in [5.74, 6) is -0.307. The predicted octanol–water partition coefficient (Wildman–Crippen LogP) is 2.75. The molecule has 1 saturated heterocycles. The number of carbonyl (C=O) groups excluding carboxylic acids is 2. The number of imide groups is 1. The first kappa shape index (κ1) is 15.1. The fraction of sp³-hybridized carbons (Fsp3) is 0.222. The zero-order valence-corrected chi connectivity index (χ0v) is 13.0. The molecule has 1 unspecified atom stereocenters. The molecule has 0 aromatic heterocycles. The topological polar surface area (TPSA) is 69.6 Å². The second-order valence-electron chi connectivity index (χ2n) is 5.81. The van der Waals surface area contributed by atoms with Gasteiger partial charge < -0.3 is 10.4 Å². The van der Waals surface area contributed by atoms with E-state index in [1.807, 2.05) is 32.0 Å². The molecule has 118 valence electrons. The smallest absolute Gasteiger partial charge is 0.256 e. The van der Waals surface area contributed by atoms with Crippen LogP contribution in [0, 0.1) is 13.8 Å². The van der Waals surface area contributed by atoms with Crippen molar-refractivity contribution in [2.75, 3.05) is 10.2 Å². The van der Waals surface area contributed by atoms with Crippen molar-refractivity contribution >= 4 is 23.2 Å². The van der Waals surface area contributed by atoms with Crippen molar-refractivity contribution in [1.29, 1.82) is 0 Å². The first-order valence-electron chi connectivity index (χ1n) is 7.45. The third-order valence-electron chi connectivity index (χ3n) is 3.96. The van der Waals surface area contributed by atoms with Gasteiger partial charge in [0.25, 0.3) is 5.91 Å². The summed E-state index contributed by atoms with van der Waals surface area (Å²) in [5.41, 5.74) is 3.23. The maximum absolute atomic E-state index is 12.6. The molecule has 1 atom stereocenters. The number of aryl methyl sites for hydroxylation is 2. The van der Waals surface area contributed by atoms with Crippen LogP contribution in [0.1, 0.15) is 17.5 Å². The summed E-state index contributed by atoms with van der Waals surface area (Å²) in [4.78, 5) is 26.2. The summed E-state index contributed by atoms with van der Waals surface area (Å²) in [7, 11) is 0. The Balaban J connectivity index is 1.85. The lowest BCUT2D eigenvalue weighted by atomic mass is 10.1. The molecule has 5 heteroatoms. The van der Waals surface area contributed by atoms with Crippen LogP contribution < -0.4 is 10.2 Å². The van der Waals surface area contributed by atoms with E-state index in [1.54, 1.807) is 12.1 Å². The Morgan fingerprint density at radius 2 is 1.78 bits per heavy atom. The number of hydrogen-bond donors (Lipinski definition) is 2. The maximum atomic E-state index is 12.6. The molecule has 0 spiro atoms. The molecule has 1 aliphatic rings. The standard InChI is InChI=1S/C18H18N2O3/c1-11-3-4-12(2)16(9-11)20-17(22)10-15(18(20)23)19-13-5-7-14(21)8-6-13/h3-9,15,19,21H,10H2,1-2H3. The number of aromatic hydroxyl groups is 1. The minimum absolute atomic E-state index is 0.118. The van der Waals surface area contributed by atoms with Crippen LogP contribution in [0.25, 0.3) is 0 Å². The number of amides is 2. The molecular weight excluding hydrogens is 292 g/mol. The molecule has 2 aromatic rings. The summed E-state index contributed by atoms with van der Waals surface area (Å²) in [6, 6.07) is 11.5. The van der Waals surface area contributed by atoms with Gasteiger partial charge in [-0.2, -0.15) is 0 Å². The Labute approximate surface area is 134 Å². The van der Waals surface area contributed by atoms with Crippen molar-refractivity contribution in [2.24, 2.45) is 0 Å². The van der Waals surface area contributed by atoms with E-state index < -0.39 is 6.04 Å². The van der Waals surface area contributed by atoms with Crippen LogP contribution in [0.3, 0.4) is 0 Å². The largest absolute Gasteiger partial charge is 0.508 e. The van der Waals surface area contributed by atoms with Gasteiger partial charge in [0.1, 0.15) is 11.8 Å². The zero-order chi connectivity index (χ0) is 16.6. The van der Waals surface area contributed by atoms with Crippen molar-refractivity contribution in [3.8, 4) is 5.75 Å². The lowest BCUT2D eigenvalue weighted by Gasteiger charge is -2.18. The van der Waals surface area contributed by atoms with Gasteiger partial charge >= 0.3 is 0 Å². The van der Waals surface area contributed by atoms with E-state index in [0.29, 0.717) is 11.4 Å². The van der Waals surface area contributed by atoms with Gasteiger partial charge in [-0.15, -0.1) is 0 Å². The SMILES string of the molecule is Cc1ccc(C)c(N2C(=O)CC(Nc3ccc(O)cc3)C2=O)c1. The summed E-state index contributed by atoms with van der Waals surface area (Å²) < 4.78 is 0. The van der Waals surface area contributed by atoms with Crippen LogP contribution in [0.4, 0.5) is 11.4 Å². The van der Waals surface area contributed by atoms with Gasteiger partial charge in [0.15, 0.2) is 0 Å². The summed E-state index contributed by atoms with van der Waals surface area (Å²) in [6.07, 6.45) is 0.118. The van der Waals surface area contributed by atoms with Crippen LogP contribution in [0.2, 0.25) is 0 Å². The third kappa shape index (κ3) is 2.90. The van der Waals surface area contributed by atoms with Crippen LogP contribution in [-0.2, 0) is 9.59 Å². The summed E-state index contributed by atoms with van der Waals surface area (Å²) in [5, 5.41) is 12.4. The second kappa shape index (κ2) is 5.76. The highest BCUT2D eigenvalue weighted by atomic mass is 16.3.